The Morgan fingerprint density at radius 3 is 2.05 bits per heavy atom. The van der Waals surface area contributed by atoms with E-state index < -0.39 is 130 Å². The third-order valence-electron chi connectivity index (χ3n) is 7.92. The van der Waals surface area contributed by atoms with Gasteiger partial charge in [0.05, 0.1) is 50.7 Å². The van der Waals surface area contributed by atoms with Crippen molar-refractivity contribution in [2.75, 3.05) is 26.4 Å². The van der Waals surface area contributed by atoms with Crippen molar-refractivity contribution in [1.29, 1.82) is 0 Å². The Morgan fingerprint density at radius 1 is 0.864 bits per heavy atom. The van der Waals surface area contributed by atoms with Gasteiger partial charge < -0.3 is 95.4 Å². The maximum Gasteiger partial charge on any atom is 0.187 e. The molecule has 2 heterocycles. The molecule has 3 rings (SSSR count). The fraction of sp³-hybridized carbons (Fsp3) is 0.880. The van der Waals surface area contributed by atoms with Crippen molar-refractivity contribution < 1.29 is 90.1 Å². The van der Waals surface area contributed by atoms with Crippen LogP contribution in [-0.4, -0.2) is 203 Å². The van der Waals surface area contributed by atoms with Crippen LogP contribution in [0.25, 0.3) is 0 Å². The number of hydrogen-bond acceptors (Lipinski definition) is 19. The summed E-state index contributed by atoms with van der Waals surface area (Å²) in [6.45, 7) is -3.11. The first kappa shape index (κ1) is 37.2. The van der Waals surface area contributed by atoms with Gasteiger partial charge in [0, 0.05) is 0 Å². The Balaban J connectivity index is 1.73. The van der Waals surface area contributed by atoms with Crippen LogP contribution < -0.4 is 5.32 Å². The lowest BCUT2D eigenvalue weighted by atomic mass is 9.88. The van der Waals surface area contributed by atoms with Gasteiger partial charge in [0.2, 0.25) is 0 Å². The molecule has 19 nitrogen and oxygen atoms in total. The van der Waals surface area contributed by atoms with E-state index in [9.17, 15) is 71.2 Å². The summed E-state index contributed by atoms with van der Waals surface area (Å²) in [6.07, 6.45) is -25.3. The highest BCUT2D eigenvalue weighted by Crippen LogP contribution is 2.31. The van der Waals surface area contributed by atoms with Crippen LogP contribution in [0, 0.1) is 0 Å². The van der Waals surface area contributed by atoms with E-state index >= 15 is 0 Å². The highest BCUT2D eigenvalue weighted by Gasteiger charge is 2.52. The van der Waals surface area contributed by atoms with Crippen LogP contribution in [-0.2, 0) is 23.7 Å². The van der Waals surface area contributed by atoms with E-state index in [0.29, 0.717) is 5.57 Å². The lowest BCUT2D eigenvalue weighted by Crippen LogP contribution is -2.69. The molecule has 0 aromatic rings. The number of aliphatic hydroxyl groups is 13. The molecule has 0 saturated carbocycles. The molecular weight excluding hydrogens is 602 g/mol. The maximum atomic E-state index is 10.9. The molecule has 256 valence electrons. The van der Waals surface area contributed by atoms with E-state index in [1.54, 1.807) is 0 Å². The zero-order valence-electron chi connectivity index (χ0n) is 23.4. The van der Waals surface area contributed by atoms with Gasteiger partial charge in [0.15, 0.2) is 18.9 Å². The minimum absolute atomic E-state index is 0.00104. The Bertz CT molecular complexity index is 926. The van der Waals surface area contributed by atoms with E-state index in [0.717, 1.165) is 0 Å². The van der Waals surface area contributed by atoms with Crippen LogP contribution in [0.1, 0.15) is 6.42 Å². The molecule has 3 aliphatic rings. The molecule has 2 fully saturated rings. The zero-order chi connectivity index (χ0) is 32.9. The van der Waals surface area contributed by atoms with Crippen molar-refractivity contribution in [3.05, 3.63) is 11.6 Å². The number of aldehydes is 1. The van der Waals surface area contributed by atoms with Gasteiger partial charge in [0.1, 0.15) is 67.1 Å². The highest BCUT2D eigenvalue weighted by atomic mass is 16.7. The average molecular weight is 646 g/mol. The molecule has 10 unspecified atom stereocenters. The topological polar surface area (TPSA) is 329 Å². The standard InChI is InChI=1S/C25H43NO18/c27-3-8-1-9(16(35)10(32)2-8)26-15-13(6-30)41-24(20(39)18(15)37)44-23-14(7-31)42-25(21(40)19(23)38)43-22(12(34)5-29)17(36)11(33)4-28/h1,4,9-27,29-40H,2-3,5-7H2/t9?,10?,11?,12-,13-,14?,15?,16+,17?,18+,19?,20?,21-,22?,23?,24+,25-/m1/s1. The minimum Gasteiger partial charge on any atom is -0.394 e. The molecule has 2 aliphatic heterocycles. The second-order valence-electron chi connectivity index (χ2n) is 10.9. The molecule has 0 aromatic carbocycles. The third-order valence-corrected chi connectivity index (χ3v) is 7.92. The van der Waals surface area contributed by atoms with Crippen LogP contribution in [0.4, 0.5) is 0 Å². The maximum absolute atomic E-state index is 10.9. The predicted octanol–water partition coefficient (Wildman–Crippen LogP) is -8.72. The summed E-state index contributed by atoms with van der Waals surface area (Å²) in [6, 6.07) is -2.29. The van der Waals surface area contributed by atoms with Gasteiger partial charge in [-0.05, 0) is 12.0 Å². The number of carbonyl (C=O) groups excluding carboxylic acids is 1. The lowest BCUT2D eigenvalue weighted by Gasteiger charge is -2.48. The summed E-state index contributed by atoms with van der Waals surface area (Å²) in [5.41, 5.74) is 0.391. The SMILES string of the molecule is O=CC(O)C(O)C(O[C@H]1OC(CO)C(O[C@@H]2O[C@H](CO)C(NC3C=C(CO)CC(O)[C@H]3O)[C@H](O)C2O)C(O)[C@H]1O)[C@H](O)CO. The van der Waals surface area contributed by atoms with Crippen LogP contribution >= 0.6 is 0 Å². The molecule has 0 amide bonds. The van der Waals surface area contributed by atoms with Crippen LogP contribution in [0.15, 0.2) is 11.6 Å². The summed E-state index contributed by atoms with van der Waals surface area (Å²) >= 11 is 0. The van der Waals surface area contributed by atoms with E-state index in [2.05, 4.69) is 5.32 Å². The van der Waals surface area contributed by atoms with Gasteiger partial charge in [-0.25, -0.2) is 0 Å². The van der Waals surface area contributed by atoms with Crippen molar-refractivity contribution in [2.24, 2.45) is 0 Å². The van der Waals surface area contributed by atoms with Gasteiger partial charge >= 0.3 is 0 Å². The quantitative estimate of drug-likeness (QED) is 0.0616. The first-order chi connectivity index (χ1) is 20.8. The molecule has 2 saturated heterocycles. The molecule has 14 N–H and O–H groups in total. The summed E-state index contributed by atoms with van der Waals surface area (Å²) in [7, 11) is 0. The molecule has 0 spiro atoms. The molecule has 19 heteroatoms. The number of rotatable bonds is 14. The Labute approximate surface area is 250 Å². The van der Waals surface area contributed by atoms with Crippen LogP contribution in [0.2, 0.25) is 0 Å². The second kappa shape index (κ2) is 16.5. The van der Waals surface area contributed by atoms with Gasteiger partial charge in [-0.2, -0.15) is 0 Å². The van der Waals surface area contributed by atoms with E-state index in [4.69, 9.17) is 18.9 Å². The number of aliphatic hydroxyl groups excluding tert-OH is 13. The highest BCUT2D eigenvalue weighted by molar-refractivity contribution is 5.56. The number of carbonyl (C=O) groups is 1. The van der Waals surface area contributed by atoms with Gasteiger partial charge in [-0.3, -0.25) is 0 Å². The van der Waals surface area contributed by atoms with Crippen molar-refractivity contribution in [2.45, 2.75) is 110 Å². The largest absolute Gasteiger partial charge is 0.394 e. The summed E-state index contributed by atoms with van der Waals surface area (Å²) in [5.74, 6) is 0. The molecule has 1 aliphatic carbocycles. The average Bonchev–Trinajstić information content (AvgIpc) is 3.02. The molecule has 0 aromatic heterocycles. The van der Waals surface area contributed by atoms with Gasteiger partial charge in [-0.1, -0.05) is 6.08 Å². The van der Waals surface area contributed by atoms with Gasteiger partial charge in [-0.15, -0.1) is 0 Å². The Morgan fingerprint density at radius 2 is 1.48 bits per heavy atom. The van der Waals surface area contributed by atoms with E-state index in [1.165, 1.54) is 6.08 Å². The number of ether oxygens (including phenoxy) is 4. The van der Waals surface area contributed by atoms with Crippen molar-refractivity contribution in [1.82, 2.24) is 5.32 Å². The molecule has 0 radical (unpaired) electrons. The minimum atomic E-state index is -2.11. The smallest absolute Gasteiger partial charge is 0.187 e. The van der Waals surface area contributed by atoms with Crippen molar-refractivity contribution >= 4 is 6.29 Å². The van der Waals surface area contributed by atoms with Gasteiger partial charge in [0.25, 0.3) is 0 Å². The van der Waals surface area contributed by atoms with Crippen LogP contribution in [0.3, 0.4) is 0 Å². The molecular formula is C25H43NO18. The number of hydrogen-bond donors (Lipinski definition) is 14. The first-order valence-electron chi connectivity index (χ1n) is 13.9. The summed E-state index contributed by atoms with van der Waals surface area (Å²) in [4.78, 5) is 10.9. The van der Waals surface area contributed by atoms with Crippen molar-refractivity contribution in [3.8, 4) is 0 Å². The lowest BCUT2D eigenvalue weighted by molar-refractivity contribution is -0.362. The fourth-order valence-corrected chi connectivity index (χ4v) is 5.36. The normalized spacial score (nSPS) is 42.7. The number of nitrogens with one attached hydrogen (secondary N) is 1. The summed E-state index contributed by atoms with van der Waals surface area (Å²) in [5, 5.41) is 135. The zero-order valence-corrected chi connectivity index (χ0v) is 23.4. The Hall–Kier alpha value is -1.31. The molecule has 44 heavy (non-hydrogen) atoms. The van der Waals surface area contributed by atoms with Crippen molar-refractivity contribution in [3.63, 3.8) is 0 Å². The monoisotopic (exact) mass is 645 g/mol. The van der Waals surface area contributed by atoms with E-state index in [-0.39, 0.29) is 12.7 Å². The Kier molecular flexibility index (Phi) is 13.9. The second-order valence-corrected chi connectivity index (χ2v) is 10.9. The summed E-state index contributed by atoms with van der Waals surface area (Å²) < 4.78 is 21.9. The van der Waals surface area contributed by atoms with E-state index in [1.807, 2.05) is 0 Å². The predicted molar refractivity (Wildman–Crippen MR) is 139 cm³/mol. The third kappa shape index (κ3) is 8.15. The molecule has 0 bridgehead atoms. The fourth-order valence-electron chi connectivity index (χ4n) is 5.36. The van der Waals surface area contributed by atoms with Crippen LogP contribution in [0.5, 0.6) is 0 Å². The first-order valence-corrected chi connectivity index (χ1v) is 13.9. The molecule has 17 atom stereocenters.